The van der Waals surface area contributed by atoms with Crippen LogP contribution >= 0.6 is 0 Å². The summed E-state index contributed by atoms with van der Waals surface area (Å²) >= 11 is 0. The van der Waals surface area contributed by atoms with E-state index in [1.165, 1.54) is 4.68 Å². The lowest BCUT2D eigenvalue weighted by Crippen LogP contribution is -2.42. The fourth-order valence-electron chi connectivity index (χ4n) is 2.34. The van der Waals surface area contributed by atoms with Crippen molar-refractivity contribution in [1.82, 2.24) is 5.27 Å². The SMILES string of the molecule is CC(C)[n+]1noc(/N=C(\[O-])OC(C)(C)C)c1C(O)c1ccc(C(F)(F)F)cc1. The van der Waals surface area contributed by atoms with Crippen molar-refractivity contribution in [2.24, 2.45) is 4.99 Å². The number of alkyl halides is 3. The molecule has 1 unspecified atom stereocenters. The summed E-state index contributed by atoms with van der Waals surface area (Å²) in [5, 5.41) is 26.5. The predicted molar refractivity (Wildman–Crippen MR) is 90.5 cm³/mol. The summed E-state index contributed by atoms with van der Waals surface area (Å²) in [5.74, 6) is -0.282. The fourth-order valence-corrected chi connectivity index (χ4v) is 2.34. The molecular weight excluding hydrogens is 379 g/mol. The highest BCUT2D eigenvalue weighted by Crippen LogP contribution is 2.32. The van der Waals surface area contributed by atoms with Crippen LogP contribution in [0.1, 0.15) is 63.6 Å². The number of aliphatic imine (C=N–C) groups is 1. The standard InChI is InChI=1S/C18H22F3N3O4/c1-10(2)24-13(15(28-23-24)22-16(26)27-17(3,4)5)14(25)11-6-8-12(9-7-11)18(19,20)21/h6-10,14,25H,1-5H3. The van der Waals surface area contributed by atoms with Gasteiger partial charge in [-0.1, -0.05) is 32.9 Å². The van der Waals surface area contributed by atoms with Gasteiger partial charge in [-0.15, -0.1) is 0 Å². The molecule has 1 atom stereocenters. The number of aliphatic hydroxyl groups excluding tert-OH is 1. The minimum absolute atomic E-state index is 0.0283. The van der Waals surface area contributed by atoms with Crippen LogP contribution in [0.3, 0.4) is 0 Å². The van der Waals surface area contributed by atoms with E-state index in [-0.39, 0.29) is 23.2 Å². The fraction of sp³-hybridized carbons (Fsp3) is 0.500. The predicted octanol–water partition coefficient (Wildman–Crippen LogP) is 2.81. The number of benzene rings is 1. The maximum absolute atomic E-state index is 12.7. The molecule has 0 fully saturated rings. The van der Waals surface area contributed by atoms with E-state index in [1.807, 2.05) is 0 Å². The molecule has 0 radical (unpaired) electrons. The van der Waals surface area contributed by atoms with Gasteiger partial charge in [-0.2, -0.15) is 18.2 Å². The highest BCUT2D eigenvalue weighted by Gasteiger charge is 2.35. The molecule has 7 nitrogen and oxygen atoms in total. The Morgan fingerprint density at radius 2 is 1.79 bits per heavy atom. The third-order valence-electron chi connectivity index (χ3n) is 3.57. The summed E-state index contributed by atoms with van der Waals surface area (Å²) in [6.07, 6.45) is -6.85. The maximum Gasteiger partial charge on any atom is 0.416 e. The molecule has 1 heterocycles. The first-order valence-electron chi connectivity index (χ1n) is 8.51. The average molecular weight is 401 g/mol. The van der Waals surface area contributed by atoms with Crippen molar-refractivity contribution >= 4 is 12.0 Å². The molecule has 0 spiro atoms. The molecular formula is C18H22F3N3O4. The van der Waals surface area contributed by atoms with Gasteiger partial charge >= 0.3 is 17.8 Å². The van der Waals surface area contributed by atoms with E-state index in [0.29, 0.717) is 0 Å². The highest BCUT2D eigenvalue weighted by molar-refractivity contribution is 5.66. The van der Waals surface area contributed by atoms with Crippen LogP contribution in [0.15, 0.2) is 33.8 Å². The van der Waals surface area contributed by atoms with Gasteiger partial charge in [0, 0.05) is 19.4 Å². The van der Waals surface area contributed by atoms with Crippen molar-refractivity contribution in [2.75, 3.05) is 0 Å². The Hall–Kier alpha value is -2.62. The summed E-state index contributed by atoms with van der Waals surface area (Å²) in [5.41, 5.74) is -1.45. The molecule has 28 heavy (non-hydrogen) atoms. The number of aliphatic hydroxyl groups is 1. The van der Waals surface area contributed by atoms with Gasteiger partial charge in [0.1, 0.15) is 0 Å². The van der Waals surface area contributed by atoms with E-state index in [4.69, 9.17) is 9.26 Å². The van der Waals surface area contributed by atoms with Crippen LogP contribution in [0.2, 0.25) is 0 Å². The van der Waals surface area contributed by atoms with E-state index < -0.39 is 29.5 Å². The number of nitrogens with zero attached hydrogens (tertiary/aromatic N) is 3. The van der Waals surface area contributed by atoms with Crippen LogP contribution < -0.4 is 9.79 Å². The van der Waals surface area contributed by atoms with Gasteiger partial charge < -0.3 is 14.9 Å². The molecule has 0 aliphatic rings. The quantitative estimate of drug-likeness (QED) is 0.483. The number of aromatic nitrogens is 2. The molecule has 0 saturated carbocycles. The summed E-state index contributed by atoms with van der Waals surface area (Å²) in [7, 11) is 0. The van der Waals surface area contributed by atoms with Gasteiger partial charge in [0.25, 0.3) is 0 Å². The number of hydrogen-bond donors (Lipinski definition) is 1. The third kappa shape index (κ3) is 5.22. The zero-order valence-electron chi connectivity index (χ0n) is 16.1. The summed E-state index contributed by atoms with van der Waals surface area (Å²) < 4.78 is 49.7. The molecule has 0 amide bonds. The topological polar surface area (TPSA) is 94.8 Å². The Labute approximate surface area is 160 Å². The van der Waals surface area contributed by atoms with E-state index in [9.17, 15) is 23.4 Å². The molecule has 1 aromatic carbocycles. The van der Waals surface area contributed by atoms with Crippen molar-refractivity contribution in [2.45, 2.75) is 58.5 Å². The Morgan fingerprint density at radius 3 is 2.25 bits per heavy atom. The highest BCUT2D eigenvalue weighted by atomic mass is 19.4. The van der Waals surface area contributed by atoms with Gasteiger partial charge in [0.2, 0.25) is 5.27 Å². The van der Waals surface area contributed by atoms with Crippen LogP contribution in [-0.2, 0) is 10.9 Å². The Kier molecular flexibility index (Phi) is 6.03. The van der Waals surface area contributed by atoms with Crippen molar-refractivity contribution in [1.29, 1.82) is 0 Å². The number of ether oxygens (including phenoxy) is 1. The summed E-state index contributed by atoms with van der Waals surface area (Å²) in [6.45, 7) is 8.48. The van der Waals surface area contributed by atoms with Gasteiger partial charge in [0.15, 0.2) is 18.2 Å². The first kappa shape index (κ1) is 21.7. The maximum atomic E-state index is 12.7. The average Bonchev–Trinajstić information content (AvgIpc) is 2.95. The summed E-state index contributed by atoms with van der Waals surface area (Å²) in [4.78, 5) is 3.70. The van der Waals surface area contributed by atoms with Crippen molar-refractivity contribution < 1.29 is 37.3 Å². The normalized spacial score (nSPS) is 14.4. The minimum atomic E-state index is -4.49. The van der Waals surface area contributed by atoms with Gasteiger partial charge in [-0.05, 0) is 22.4 Å². The Morgan fingerprint density at radius 1 is 1.21 bits per heavy atom. The monoisotopic (exact) mass is 401 g/mol. The number of halogens is 3. The van der Waals surface area contributed by atoms with Crippen LogP contribution in [0.25, 0.3) is 0 Å². The minimum Gasteiger partial charge on any atom is -0.594 e. The second kappa shape index (κ2) is 7.78. The first-order chi connectivity index (χ1) is 12.8. The molecule has 1 aromatic heterocycles. The van der Waals surface area contributed by atoms with Crippen molar-refractivity contribution in [3.05, 3.63) is 41.1 Å². The van der Waals surface area contributed by atoms with E-state index in [2.05, 4.69) is 10.3 Å². The van der Waals surface area contributed by atoms with E-state index in [0.717, 1.165) is 24.3 Å². The zero-order chi connectivity index (χ0) is 21.3. The Bertz CT molecular complexity index is 837. The lowest BCUT2D eigenvalue weighted by Gasteiger charge is -2.29. The molecule has 0 aliphatic heterocycles. The van der Waals surface area contributed by atoms with Crippen molar-refractivity contribution in [3.63, 3.8) is 0 Å². The smallest absolute Gasteiger partial charge is 0.416 e. The first-order valence-corrected chi connectivity index (χ1v) is 8.51. The number of rotatable bonds is 4. The van der Waals surface area contributed by atoms with E-state index in [1.54, 1.807) is 34.6 Å². The zero-order valence-corrected chi connectivity index (χ0v) is 16.1. The third-order valence-corrected chi connectivity index (χ3v) is 3.57. The van der Waals surface area contributed by atoms with Crippen LogP contribution in [0.4, 0.5) is 19.1 Å². The lowest BCUT2D eigenvalue weighted by atomic mass is 10.0. The van der Waals surface area contributed by atoms with Crippen LogP contribution in [0, 0.1) is 0 Å². The molecule has 0 saturated heterocycles. The molecule has 2 aromatic rings. The van der Waals surface area contributed by atoms with Crippen molar-refractivity contribution in [3.8, 4) is 0 Å². The molecule has 154 valence electrons. The summed E-state index contributed by atoms with van der Waals surface area (Å²) in [6, 6.07) is 3.73. The lowest BCUT2D eigenvalue weighted by molar-refractivity contribution is -0.787. The number of hydrogen-bond acceptors (Lipinski definition) is 6. The Balaban J connectivity index is 2.45. The molecule has 1 N–H and O–H groups in total. The molecule has 0 aliphatic carbocycles. The second-order valence-corrected chi connectivity index (χ2v) is 7.42. The van der Waals surface area contributed by atoms with E-state index >= 15 is 0 Å². The van der Waals surface area contributed by atoms with Crippen LogP contribution in [0.5, 0.6) is 0 Å². The molecule has 0 bridgehead atoms. The molecule has 2 rings (SSSR count). The molecule has 10 heteroatoms. The largest absolute Gasteiger partial charge is 0.594 e. The second-order valence-electron chi connectivity index (χ2n) is 7.42. The van der Waals surface area contributed by atoms with Gasteiger partial charge in [0.05, 0.1) is 5.56 Å². The van der Waals surface area contributed by atoms with Crippen LogP contribution in [-0.4, -0.2) is 22.1 Å². The van der Waals surface area contributed by atoms with Gasteiger partial charge in [-0.3, -0.25) is 4.52 Å². The van der Waals surface area contributed by atoms with Gasteiger partial charge in [-0.25, -0.2) is 0 Å².